The van der Waals surface area contributed by atoms with Gasteiger partial charge in [0.25, 0.3) is 5.91 Å². The van der Waals surface area contributed by atoms with Gasteiger partial charge in [0.2, 0.25) is 0 Å². The van der Waals surface area contributed by atoms with Gasteiger partial charge in [-0.3, -0.25) is 4.79 Å². The quantitative estimate of drug-likeness (QED) is 0.376. The molecule has 3 aromatic carbocycles. The molecule has 0 bridgehead atoms. The molecule has 0 saturated carbocycles. The van der Waals surface area contributed by atoms with Crippen LogP contribution in [0.3, 0.4) is 0 Å². The van der Waals surface area contributed by atoms with E-state index in [1.54, 1.807) is 13.3 Å². The molecule has 0 spiro atoms. The summed E-state index contributed by atoms with van der Waals surface area (Å²) in [5.74, 6) is 0.477. The van der Waals surface area contributed by atoms with Gasteiger partial charge < -0.3 is 9.64 Å². The van der Waals surface area contributed by atoms with Crippen LogP contribution in [0, 0.1) is 0 Å². The second-order valence-electron chi connectivity index (χ2n) is 9.01. The third-order valence-corrected chi connectivity index (χ3v) is 6.16. The van der Waals surface area contributed by atoms with Gasteiger partial charge in [0.05, 0.1) is 18.9 Å². The Morgan fingerprint density at radius 1 is 1.12 bits per heavy atom. The highest BCUT2D eigenvalue weighted by Gasteiger charge is 2.31. The molecule has 4 rings (SSSR count). The lowest BCUT2D eigenvalue weighted by molar-refractivity contribution is 0.0955. The maximum Gasteiger partial charge on any atom is 0.271 e. The molecule has 0 fully saturated rings. The maximum absolute atomic E-state index is 12.6. The number of anilines is 1. The zero-order chi connectivity index (χ0) is 23.6. The van der Waals surface area contributed by atoms with Gasteiger partial charge in [-0.15, -0.1) is 0 Å². The summed E-state index contributed by atoms with van der Waals surface area (Å²) in [5, 5.41) is 6.34. The highest BCUT2D eigenvalue weighted by Crippen LogP contribution is 2.41. The van der Waals surface area contributed by atoms with Crippen LogP contribution in [-0.2, 0) is 0 Å². The third-order valence-electron chi connectivity index (χ3n) is 6.16. The second-order valence-corrected chi connectivity index (χ2v) is 9.01. The van der Waals surface area contributed by atoms with Crippen molar-refractivity contribution in [2.75, 3.05) is 18.6 Å². The zero-order valence-corrected chi connectivity index (χ0v) is 20.0. The Bertz CT molecular complexity index is 1260. The first-order valence-corrected chi connectivity index (χ1v) is 11.4. The standard InChI is InChI=1S/C28H31N3O2/c1-6-13-31-25-16-26(33-5)23(15-24(25)19(2)17-28(31,3)4)18-29-30-27(32)22-12-11-20-9-7-8-10-21(20)14-22/h7-12,14-18H,6,13H2,1-5H3,(H,30,32)/b29-18-. The third kappa shape index (κ3) is 4.49. The lowest BCUT2D eigenvalue weighted by Crippen LogP contribution is -2.45. The van der Waals surface area contributed by atoms with Crippen molar-refractivity contribution in [3.05, 3.63) is 77.4 Å². The molecular weight excluding hydrogens is 410 g/mol. The summed E-state index contributed by atoms with van der Waals surface area (Å²) in [5.41, 5.74) is 7.51. The Kier molecular flexibility index (Phi) is 6.23. The minimum absolute atomic E-state index is 0.0679. The normalized spacial score (nSPS) is 14.8. The van der Waals surface area contributed by atoms with Crippen molar-refractivity contribution < 1.29 is 9.53 Å². The van der Waals surface area contributed by atoms with Gasteiger partial charge in [-0.25, -0.2) is 5.43 Å². The fourth-order valence-corrected chi connectivity index (χ4v) is 4.59. The number of allylic oxidation sites excluding steroid dienone is 1. The Morgan fingerprint density at radius 2 is 1.88 bits per heavy atom. The van der Waals surface area contributed by atoms with Gasteiger partial charge >= 0.3 is 0 Å². The van der Waals surface area contributed by atoms with E-state index in [1.165, 1.54) is 5.57 Å². The van der Waals surface area contributed by atoms with Crippen LogP contribution in [0.25, 0.3) is 16.3 Å². The molecular formula is C28H31N3O2. The number of nitrogens with zero attached hydrogens (tertiary/aromatic N) is 2. The Labute approximate surface area is 195 Å². The molecule has 0 unspecified atom stereocenters. The summed E-state index contributed by atoms with van der Waals surface area (Å²) >= 11 is 0. The Balaban J connectivity index is 1.60. The van der Waals surface area contributed by atoms with E-state index in [2.05, 4.69) is 61.3 Å². The average molecular weight is 442 g/mol. The molecule has 0 aromatic heterocycles. The molecule has 1 aliphatic heterocycles. The lowest BCUT2D eigenvalue weighted by Gasteiger charge is -2.43. The molecule has 5 heteroatoms. The first-order valence-electron chi connectivity index (χ1n) is 11.4. The van der Waals surface area contributed by atoms with Crippen molar-refractivity contribution in [2.45, 2.75) is 39.7 Å². The van der Waals surface area contributed by atoms with Crippen LogP contribution in [0.2, 0.25) is 0 Å². The number of carbonyl (C=O) groups excluding carboxylic acids is 1. The van der Waals surface area contributed by atoms with E-state index in [0.29, 0.717) is 5.56 Å². The smallest absolute Gasteiger partial charge is 0.271 e. The number of hydrogen-bond acceptors (Lipinski definition) is 4. The topological polar surface area (TPSA) is 53.9 Å². The van der Waals surface area contributed by atoms with Crippen molar-refractivity contribution in [3.8, 4) is 5.75 Å². The molecule has 3 aromatic rings. The van der Waals surface area contributed by atoms with Crippen LogP contribution in [-0.4, -0.2) is 31.3 Å². The first kappa shape index (κ1) is 22.6. The van der Waals surface area contributed by atoms with Crippen molar-refractivity contribution in [3.63, 3.8) is 0 Å². The van der Waals surface area contributed by atoms with Crippen molar-refractivity contribution in [2.24, 2.45) is 5.10 Å². The number of benzene rings is 3. The largest absolute Gasteiger partial charge is 0.496 e. The van der Waals surface area contributed by atoms with Gasteiger partial charge in [-0.05, 0) is 61.7 Å². The van der Waals surface area contributed by atoms with Crippen LogP contribution in [0.5, 0.6) is 5.75 Å². The summed E-state index contributed by atoms with van der Waals surface area (Å²) in [6.45, 7) is 9.76. The molecule has 0 atom stereocenters. The van der Waals surface area contributed by atoms with Gasteiger partial charge in [0.1, 0.15) is 5.75 Å². The monoisotopic (exact) mass is 441 g/mol. The van der Waals surface area contributed by atoms with Crippen LogP contribution < -0.4 is 15.1 Å². The van der Waals surface area contributed by atoms with E-state index in [4.69, 9.17) is 4.74 Å². The molecule has 1 amide bonds. The van der Waals surface area contributed by atoms with Crippen molar-refractivity contribution in [1.29, 1.82) is 0 Å². The minimum Gasteiger partial charge on any atom is -0.496 e. The number of rotatable bonds is 6. The molecule has 1 heterocycles. The van der Waals surface area contributed by atoms with E-state index in [0.717, 1.165) is 46.3 Å². The maximum atomic E-state index is 12.6. The number of nitrogens with one attached hydrogen (secondary N) is 1. The Hall–Kier alpha value is -3.60. The fraction of sp³-hybridized carbons (Fsp3) is 0.286. The summed E-state index contributed by atoms with van der Waals surface area (Å²) in [4.78, 5) is 15.0. The highest BCUT2D eigenvalue weighted by atomic mass is 16.5. The van der Waals surface area contributed by atoms with Gasteiger partial charge in [0, 0.05) is 35.0 Å². The minimum atomic E-state index is -0.249. The van der Waals surface area contributed by atoms with Crippen LogP contribution in [0.1, 0.15) is 55.6 Å². The zero-order valence-electron chi connectivity index (χ0n) is 20.0. The SMILES string of the molecule is CCCN1c2cc(OC)c(/C=N\NC(=O)c3ccc4ccccc4c3)cc2C(C)=CC1(C)C. The number of fused-ring (bicyclic) bond motifs is 2. The van der Waals surface area contributed by atoms with Crippen LogP contribution in [0.4, 0.5) is 5.69 Å². The van der Waals surface area contributed by atoms with Crippen LogP contribution >= 0.6 is 0 Å². The molecule has 1 N–H and O–H groups in total. The van der Waals surface area contributed by atoms with E-state index < -0.39 is 0 Å². The predicted octanol–water partition coefficient (Wildman–Crippen LogP) is 6.02. The summed E-state index contributed by atoms with van der Waals surface area (Å²) in [7, 11) is 1.66. The van der Waals surface area contributed by atoms with Gasteiger partial charge in [-0.2, -0.15) is 5.10 Å². The van der Waals surface area contributed by atoms with Gasteiger partial charge in [0.15, 0.2) is 0 Å². The number of methoxy groups -OCH3 is 1. The number of carbonyl (C=O) groups is 1. The lowest BCUT2D eigenvalue weighted by atomic mass is 9.87. The van der Waals surface area contributed by atoms with Crippen molar-refractivity contribution >= 4 is 34.2 Å². The van der Waals surface area contributed by atoms with E-state index in [-0.39, 0.29) is 11.4 Å². The van der Waals surface area contributed by atoms with E-state index in [1.807, 2.05) is 42.5 Å². The van der Waals surface area contributed by atoms with E-state index >= 15 is 0 Å². The number of ether oxygens (including phenoxy) is 1. The number of amides is 1. The van der Waals surface area contributed by atoms with Crippen LogP contribution in [0.15, 0.2) is 65.8 Å². The molecule has 5 nitrogen and oxygen atoms in total. The molecule has 0 saturated heterocycles. The second kappa shape index (κ2) is 9.10. The number of hydrazone groups is 1. The van der Waals surface area contributed by atoms with Crippen molar-refractivity contribution in [1.82, 2.24) is 5.43 Å². The van der Waals surface area contributed by atoms with Gasteiger partial charge in [-0.1, -0.05) is 43.3 Å². The molecule has 1 aliphatic rings. The molecule has 0 aliphatic carbocycles. The van der Waals surface area contributed by atoms with E-state index in [9.17, 15) is 4.79 Å². The molecule has 170 valence electrons. The molecule has 0 radical (unpaired) electrons. The summed E-state index contributed by atoms with van der Waals surface area (Å²) in [6, 6.07) is 17.8. The number of hydrogen-bond donors (Lipinski definition) is 1. The summed E-state index contributed by atoms with van der Waals surface area (Å²) < 4.78 is 5.68. The fourth-order valence-electron chi connectivity index (χ4n) is 4.59. The Morgan fingerprint density at radius 3 is 2.61 bits per heavy atom. The average Bonchev–Trinajstić information content (AvgIpc) is 2.80. The molecule has 33 heavy (non-hydrogen) atoms. The highest BCUT2D eigenvalue weighted by molar-refractivity contribution is 5.99. The summed E-state index contributed by atoms with van der Waals surface area (Å²) in [6.07, 6.45) is 5.01. The first-order chi connectivity index (χ1) is 15.8. The predicted molar refractivity (Wildman–Crippen MR) is 137 cm³/mol.